The largest absolute Gasteiger partial charge is 0.496 e. The van der Waals surface area contributed by atoms with E-state index in [9.17, 15) is 18.0 Å². The second-order valence-corrected chi connectivity index (χ2v) is 8.97. The molecule has 0 aliphatic heterocycles. The van der Waals surface area contributed by atoms with Gasteiger partial charge in [0.2, 0.25) is 0 Å². The van der Waals surface area contributed by atoms with Crippen LogP contribution in [-0.2, 0) is 6.18 Å². The number of ether oxygens (including phenoxy) is 2. The second-order valence-electron chi connectivity index (χ2n) is 8.97. The first kappa shape index (κ1) is 28.2. The lowest BCUT2D eigenvalue weighted by molar-refractivity contribution is -0.138. The van der Waals surface area contributed by atoms with Crippen molar-refractivity contribution in [2.75, 3.05) is 36.3 Å². The molecule has 0 radical (unpaired) electrons. The molecule has 0 unspecified atom stereocenters. The van der Waals surface area contributed by atoms with Gasteiger partial charge in [-0.3, -0.25) is 4.98 Å². The van der Waals surface area contributed by atoms with Gasteiger partial charge in [-0.25, -0.2) is 14.8 Å². The van der Waals surface area contributed by atoms with E-state index in [0.29, 0.717) is 35.0 Å². The van der Waals surface area contributed by atoms with Crippen molar-refractivity contribution in [3.05, 3.63) is 85.1 Å². The lowest BCUT2D eigenvalue weighted by atomic mass is 10.1. The molecule has 13 heteroatoms. The summed E-state index contributed by atoms with van der Waals surface area (Å²) in [5.41, 5.74) is 2.04. The molecule has 0 aliphatic carbocycles. The maximum absolute atomic E-state index is 13.5. The van der Waals surface area contributed by atoms with Gasteiger partial charge in [-0.1, -0.05) is 12.1 Å². The number of imidazole rings is 1. The summed E-state index contributed by atoms with van der Waals surface area (Å²) in [5, 5.41) is 5.10. The minimum absolute atomic E-state index is 0.00351. The van der Waals surface area contributed by atoms with Gasteiger partial charge in [0.1, 0.15) is 11.5 Å². The number of nitrogens with one attached hydrogen (secondary N) is 2. The third kappa shape index (κ3) is 5.75. The van der Waals surface area contributed by atoms with Crippen LogP contribution in [0.1, 0.15) is 12.5 Å². The molecular weight excluding hydrogens is 551 g/mol. The van der Waals surface area contributed by atoms with E-state index in [1.54, 1.807) is 36.8 Å². The van der Waals surface area contributed by atoms with Crippen molar-refractivity contribution in [1.82, 2.24) is 19.4 Å². The lowest BCUT2D eigenvalue weighted by Gasteiger charge is -2.23. The molecule has 2 aromatic carbocycles. The zero-order valence-corrected chi connectivity index (χ0v) is 22.8. The van der Waals surface area contributed by atoms with Crippen molar-refractivity contribution in [2.45, 2.75) is 13.1 Å². The summed E-state index contributed by atoms with van der Waals surface area (Å²) in [4.78, 5) is 28.4. The number of urea groups is 1. The van der Waals surface area contributed by atoms with Crippen LogP contribution in [0.3, 0.4) is 0 Å². The van der Waals surface area contributed by atoms with Gasteiger partial charge in [0.05, 0.1) is 31.2 Å². The number of carbonyl (C=O) groups excluding carboxylic acids is 1. The number of hydrogen-bond donors (Lipinski definition) is 2. The maximum atomic E-state index is 13.5. The van der Waals surface area contributed by atoms with Gasteiger partial charge in [-0.2, -0.15) is 13.2 Å². The molecule has 3 heterocycles. The molecule has 0 saturated carbocycles. The fraction of sp³-hybridized carbons (Fsp3) is 0.172. The molecule has 3 aromatic heterocycles. The summed E-state index contributed by atoms with van der Waals surface area (Å²) in [5.74, 6) is 0.212. The van der Waals surface area contributed by atoms with Crippen molar-refractivity contribution < 1.29 is 27.4 Å². The zero-order chi connectivity index (χ0) is 29.9. The molecular formula is C29H26F3N7O3. The van der Waals surface area contributed by atoms with Gasteiger partial charge in [-0.15, -0.1) is 0 Å². The van der Waals surface area contributed by atoms with Gasteiger partial charge in [0, 0.05) is 60.5 Å². The van der Waals surface area contributed by atoms with Crippen LogP contribution in [0.25, 0.3) is 16.9 Å². The van der Waals surface area contributed by atoms with Crippen LogP contribution in [0.15, 0.2) is 79.5 Å². The van der Waals surface area contributed by atoms with Gasteiger partial charge in [0.25, 0.3) is 0 Å². The standard InChI is InChI=1S/C29H26F3N7O3/c1-4-39(20-8-10-33-11-9-20)27-26-34-12-13-38(26)17-23(36-27)18-6-5-7-19(14-18)35-28(40)37-22-15-21(29(30,31)32)24(41-2)16-25(22)42-3/h5-17H,4H2,1-3H3,(H2,35,37,40). The Balaban J connectivity index is 1.44. The fourth-order valence-electron chi connectivity index (χ4n) is 4.47. The Kier molecular flexibility index (Phi) is 7.82. The number of hydrogen-bond acceptors (Lipinski definition) is 7. The van der Waals surface area contributed by atoms with E-state index in [-0.39, 0.29) is 11.4 Å². The number of amides is 2. The quantitative estimate of drug-likeness (QED) is 0.213. The number of rotatable bonds is 8. The third-order valence-corrected chi connectivity index (χ3v) is 6.39. The molecule has 0 atom stereocenters. The van der Waals surface area contributed by atoms with E-state index in [0.717, 1.165) is 24.9 Å². The highest BCUT2D eigenvalue weighted by Crippen LogP contribution is 2.42. The molecule has 0 aliphatic rings. The van der Waals surface area contributed by atoms with Crippen LogP contribution < -0.4 is 25.0 Å². The summed E-state index contributed by atoms with van der Waals surface area (Å²) in [6, 6.07) is 11.8. The number of benzene rings is 2. The Morgan fingerprint density at radius 2 is 1.76 bits per heavy atom. The first-order chi connectivity index (χ1) is 20.2. The lowest BCUT2D eigenvalue weighted by Crippen LogP contribution is -2.20. The minimum atomic E-state index is -4.70. The van der Waals surface area contributed by atoms with Crippen LogP contribution >= 0.6 is 0 Å². The Morgan fingerprint density at radius 1 is 1.00 bits per heavy atom. The number of carbonyl (C=O) groups is 1. The third-order valence-electron chi connectivity index (χ3n) is 6.39. The summed E-state index contributed by atoms with van der Waals surface area (Å²) in [6.07, 6.45) is 4.03. The van der Waals surface area contributed by atoms with E-state index < -0.39 is 23.5 Å². The fourth-order valence-corrected chi connectivity index (χ4v) is 4.47. The number of alkyl halides is 3. The van der Waals surface area contributed by atoms with Crippen molar-refractivity contribution in [3.63, 3.8) is 0 Å². The molecule has 5 rings (SSSR count). The van der Waals surface area contributed by atoms with Crippen molar-refractivity contribution in [2.24, 2.45) is 0 Å². The average molecular weight is 578 g/mol. The SMILES string of the molecule is CCN(c1ccncc1)c1nc(-c2cccc(NC(=O)Nc3cc(C(F)(F)F)c(OC)cc3OC)c2)cn2ccnc12. The predicted octanol–water partition coefficient (Wildman–Crippen LogP) is 6.63. The number of pyridine rings is 1. The molecule has 5 aromatic rings. The van der Waals surface area contributed by atoms with Crippen LogP contribution in [-0.4, -0.2) is 46.1 Å². The summed E-state index contributed by atoms with van der Waals surface area (Å²) >= 11 is 0. The monoisotopic (exact) mass is 577 g/mol. The Labute approximate surface area is 238 Å². The number of aromatic nitrogens is 4. The van der Waals surface area contributed by atoms with Crippen LogP contribution in [0, 0.1) is 0 Å². The van der Waals surface area contributed by atoms with E-state index in [2.05, 4.69) is 20.6 Å². The van der Waals surface area contributed by atoms with Crippen LogP contribution in [0.2, 0.25) is 0 Å². The number of anilines is 4. The Morgan fingerprint density at radius 3 is 2.45 bits per heavy atom. The number of nitrogens with zero attached hydrogens (tertiary/aromatic N) is 5. The molecule has 2 N–H and O–H groups in total. The van der Waals surface area contributed by atoms with E-state index in [1.807, 2.05) is 46.8 Å². The van der Waals surface area contributed by atoms with Gasteiger partial charge in [-0.05, 0) is 37.3 Å². The summed E-state index contributed by atoms with van der Waals surface area (Å²) < 4.78 is 52.5. The Hall–Kier alpha value is -5.33. The summed E-state index contributed by atoms with van der Waals surface area (Å²) in [6.45, 7) is 2.63. The highest BCUT2D eigenvalue weighted by Gasteiger charge is 2.35. The van der Waals surface area contributed by atoms with Crippen molar-refractivity contribution in [1.29, 1.82) is 0 Å². The van der Waals surface area contributed by atoms with Crippen molar-refractivity contribution >= 4 is 34.6 Å². The van der Waals surface area contributed by atoms with E-state index in [4.69, 9.17) is 14.5 Å². The Bertz CT molecular complexity index is 1730. The van der Waals surface area contributed by atoms with Gasteiger partial charge >= 0.3 is 12.2 Å². The molecule has 0 saturated heterocycles. The second kappa shape index (κ2) is 11.6. The maximum Gasteiger partial charge on any atom is 0.420 e. The molecule has 2 amide bonds. The zero-order valence-electron chi connectivity index (χ0n) is 22.8. The molecule has 42 heavy (non-hydrogen) atoms. The normalized spacial score (nSPS) is 11.3. The van der Waals surface area contributed by atoms with E-state index in [1.165, 1.54) is 7.11 Å². The van der Waals surface area contributed by atoms with Crippen molar-refractivity contribution in [3.8, 4) is 22.8 Å². The number of halogens is 3. The first-order valence-electron chi connectivity index (χ1n) is 12.7. The van der Waals surface area contributed by atoms with Crippen LogP contribution in [0.5, 0.6) is 11.5 Å². The highest BCUT2D eigenvalue weighted by atomic mass is 19.4. The van der Waals surface area contributed by atoms with Gasteiger partial charge < -0.3 is 29.4 Å². The number of methoxy groups -OCH3 is 2. The van der Waals surface area contributed by atoms with E-state index >= 15 is 0 Å². The molecule has 0 spiro atoms. The molecule has 216 valence electrons. The van der Waals surface area contributed by atoms with Crippen LogP contribution in [0.4, 0.5) is 40.8 Å². The van der Waals surface area contributed by atoms with Gasteiger partial charge in [0.15, 0.2) is 11.5 Å². The predicted molar refractivity (Wildman–Crippen MR) is 153 cm³/mol. The summed E-state index contributed by atoms with van der Waals surface area (Å²) in [7, 11) is 2.40. The molecule has 10 nitrogen and oxygen atoms in total. The minimum Gasteiger partial charge on any atom is -0.496 e. The first-order valence-corrected chi connectivity index (χ1v) is 12.7. The smallest absolute Gasteiger partial charge is 0.420 e. The topological polar surface area (TPSA) is 106 Å². The molecule has 0 fully saturated rings. The highest BCUT2D eigenvalue weighted by molar-refractivity contribution is 6.01. The molecule has 0 bridgehead atoms. The average Bonchev–Trinajstić information content (AvgIpc) is 3.46. The number of fused-ring (bicyclic) bond motifs is 1.